The summed E-state index contributed by atoms with van der Waals surface area (Å²) in [6.07, 6.45) is 4.83. The number of furan rings is 1. The van der Waals surface area contributed by atoms with Crippen molar-refractivity contribution in [1.82, 2.24) is 20.2 Å². The van der Waals surface area contributed by atoms with E-state index in [1.165, 1.54) is 6.08 Å². The standard InChI is InChI=1S/C22H24N4O3/c1-16-6-8-21(29-16)20(26-10-12-28-13-11-26)15-24-22(27)9-7-17-14-23-18-4-2-3-5-19(18)25-17/h2-9,14,20H,10-13,15H2,1H3,(H,24,27)/b9-7+. The van der Waals surface area contributed by atoms with Gasteiger partial charge in [-0.25, -0.2) is 4.98 Å². The molecule has 1 aliphatic heterocycles. The fourth-order valence-corrected chi connectivity index (χ4v) is 3.40. The molecule has 4 rings (SSSR count). The summed E-state index contributed by atoms with van der Waals surface area (Å²) in [6.45, 7) is 5.37. The Kier molecular flexibility index (Phi) is 5.97. The highest BCUT2D eigenvalue weighted by Gasteiger charge is 2.25. The average molecular weight is 392 g/mol. The fraction of sp³-hybridized carbons (Fsp3) is 0.318. The molecular formula is C22H24N4O3. The summed E-state index contributed by atoms with van der Waals surface area (Å²) in [4.78, 5) is 23.5. The Labute approximate surface area is 169 Å². The lowest BCUT2D eigenvalue weighted by Crippen LogP contribution is -2.43. The zero-order valence-electron chi connectivity index (χ0n) is 16.4. The number of rotatable bonds is 6. The van der Waals surface area contributed by atoms with Gasteiger partial charge in [0.05, 0.1) is 42.2 Å². The highest BCUT2D eigenvalue weighted by atomic mass is 16.5. The molecule has 7 heteroatoms. The lowest BCUT2D eigenvalue weighted by atomic mass is 10.1. The summed E-state index contributed by atoms with van der Waals surface area (Å²) in [6, 6.07) is 11.5. The van der Waals surface area contributed by atoms with Crippen LogP contribution in [-0.4, -0.2) is 53.6 Å². The normalized spacial score (nSPS) is 16.3. The van der Waals surface area contributed by atoms with Crippen molar-refractivity contribution < 1.29 is 13.9 Å². The topological polar surface area (TPSA) is 80.5 Å². The number of morpholine rings is 1. The number of nitrogens with zero attached hydrogens (tertiary/aromatic N) is 3. The number of ether oxygens (including phenoxy) is 1. The number of carbonyl (C=O) groups excluding carboxylic acids is 1. The second-order valence-corrected chi connectivity index (χ2v) is 6.97. The predicted octanol–water partition coefficient (Wildman–Crippen LogP) is 2.73. The van der Waals surface area contributed by atoms with E-state index in [0.717, 1.165) is 35.6 Å². The second-order valence-electron chi connectivity index (χ2n) is 6.97. The molecule has 0 bridgehead atoms. The fourth-order valence-electron chi connectivity index (χ4n) is 3.40. The smallest absolute Gasteiger partial charge is 0.244 e. The molecule has 7 nitrogen and oxygen atoms in total. The zero-order valence-corrected chi connectivity index (χ0v) is 16.4. The van der Waals surface area contributed by atoms with E-state index in [-0.39, 0.29) is 11.9 Å². The summed E-state index contributed by atoms with van der Waals surface area (Å²) in [7, 11) is 0. The van der Waals surface area contributed by atoms with E-state index in [1.54, 1.807) is 12.3 Å². The molecule has 3 aromatic rings. The molecule has 1 aliphatic rings. The molecule has 150 valence electrons. The lowest BCUT2D eigenvalue weighted by Gasteiger charge is -2.33. The van der Waals surface area contributed by atoms with Gasteiger partial charge in [-0.2, -0.15) is 0 Å². The van der Waals surface area contributed by atoms with Gasteiger partial charge in [-0.15, -0.1) is 0 Å². The van der Waals surface area contributed by atoms with Crippen molar-refractivity contribution in [2.45, 2.75) is 13.0 Å². The van der Waals surface area contributed by atoms with Crippen molar-refractivity contribution >= 4 is 23.0 Å². The third-order valence-corrected chi connectivity index (χ3v) is 4.92. The average Bonchev–Trinajstić information content (AvgIpc) is 3.19. The second kappa shape index (κ2) is 8.98. The van der Waals surface area contributed by atoms with Crippen LogP contribution < -0.4 is 5.32 Å². The largest absolute Gasteiger partial charge is 0.465 e. The van der Waals surface area contributed by atoms with E-state index in [2.05, 4.69) is 20.2 Å². The Morgan fingerprint density at radius 3 is 2.76 bits per heavy atom. The Morgan fingerprint density at radius 2 is 2.00 bits per heavy atom. The van der Waals surface area contributed by atoms with Crippen molar-refractivity contribution in [2.75, 3.05) is 32.8 Å². The molecule has 1 fully saturated rings. The third-order valence-electron chi connectivity index (χ3n) is 4.92. The van der Waals surface area contributed by atoms with E-state index >= 15 is 0 Å². The highest BCUT2D eigenvalue weighted by Crippen LogP contribution is 2.23. The summed E-state index contributed by atoms with van der Waals surface area (Å²) < 4.78 is 11.3. The van der Waals surface area contributed by atoms with Gasteiger partial charge in [0.1, 0.15) is 11.5 Å². The number of fused-ring (bicyclic) bond motifs is 1. The van der Waals surface area contributed by atoms with Crippen molar-refractivity contribution in [2.24, 2.45) is 0 Å². The van der Waals surface area contributed by atoms with Gasteiger partial charge in [0.2, 0.25) is 5.91 Å². The lowest BCUT2D eigenvalue weighted by molar-refractivity contribution is -0.116. The van der Waals surface area contributed by atoms with Crippen LogP contribution in [0.15, 0.2) is 53.1 Å². The molecule has 1 saturated heterocycles. The van der Waals surface area contributed by atoms with Gasteiger partial charge < -0.3 is 14.5 Å². The maximum absolute atomic E-state index is 12.4. The molecule has 1 N–H and O–H groups in total. The Hall–Kier alpha value is -3.03. The van der Waals surface area contributed by atoms with Gasteiger partial charge in [0.15, 0.2) is 0 Å². The number of nitrogens with one attached hydrogen (secondary N) is 1. The summed E-state index contributed by atoms with van der Waals surface area (Å²) in [5.41, 5.74) is 2.28. The molecule has 1 aromatic carbocycles. The molecule has 29 heavy (non-hydrogen) atoms. The summed E-state index contributed by atoms with van der Waals surface area (Å²) >= 11 is 0. The molecule has 2 aromatic heterocycles. The quantitative estimate of drug-likeness (QED) is 0.650. The Bertz CT molecular complexity index is 1010. The summed E-state index contributed by atoms with van der Waals surface area (Å²) in [5.74, 6) is 1.54. The highest BCUT2D eigenvalue weighted by molar-refractivity contribution is 5.91. The van der Waals surface area contributed by atoms with E-state index in [0.29, 0.717) is 25.5 Å². The van der Waals surface area contributed by atoms with Gasteiger partial charge in [-0.05, 0) is 37.3 Å². The van der Waals surface area contributed by atoms with Gasteiger partial charge in [-0.3, -0.25) is 14.7 Å². The molecule has 0 spiro atoms. The Balaban J connectivity index is 1.40. The molecule has 0 radical (unpaired) electrons. The van der Waals surface area contributed by atoms with Crippen LogP contribution in [0.3, 0.4) is 0 Å². The van der Waals surface area contributed by atoms with Crippen molar-refractivity contribution in [3.63, 3.8) is 0 Å². The molecule has 1 unspecified atom stereocenters. The van der Waals surface area contributed by atoms with Crippen molar-refractivity contribution in [3.05, 3.63) is 65.9 Å². The van der Waals surface area contributed by atoms with Gasteiger partial charge >= 0.3 is 0 Å². The number of aryl methyl sites for hydroxylation is 1. The molecule has 0 aliphatic carbocycles. The SMILES string of the molecule is Cc1ccc(C(CNC(=O)/C=C/c2cnc3ccccc3n2)N2CCOCC2)o1. The molecular weight excluding hydrogens is 368 g/mol. The first-order chi connectivity index (χ1) is 14.2. The first-order valence-corrected chi connectivity index (χ1v) is 9.75. The minimum absolute atomic E-state index is 0.0228. The predicted molar refractivity (Wildman–Crippen MR) is 110 cm³/mol. The van der Waals surface area contributed by atoms with Crippen molar-refractivity contribution in [3.8, 4) is 0 Å². The monoisotopic (exact) mass is 392 g/mol. The van der Waals surface area contributed by atoms with Crippen LogP contribution in [0.2, 0.25) is 0 Å². The van der Waals surface area contributed by atoms with Gasteiger partial charge in [-0.1, -0.05) is 12.1 Å². The number of hydrogen-bond donors (Lipinski definition) is 1. The van der Waals surface area contributed by atoms with E-state index in [4.69, 9.17) is 9.15 Å². The van der Waals surface area contributed by atoms with Crippen LogP contribution in [0, 0.1) is 6.92 Å². The van der Waals surface area contributed by atoms with Crippen LogP contribution in [0.4, 0.5) is 0 Å². The van der Waals surface area contributed by atoms with Gasteiger partial charge in [0.25, 0.3) is 0 Å². The maximum atomic E-state index is 12.4. The minimum atomic E-state index is -0.179. The zero-order chi connectivity index (χ0) is 20.1. The van der Waals surface area contributed by atoms with Gasteiger partial charge in [0, 0.05) is 25.7 Å². The van der Waals surface area contributed by atoms with Crippen LogP contribution >= 0.6 is 0 Å². The van der Waals surface area contributed by atoms with Crippen molar-refractivity contribution in [1.29, 1.82) is 0 Å². The molecule has 1 atom stereocenters. The van der Waals surface area contributed by atoms with E-state index in [9.17, 15) is 4.79 Å². The van der Waals surface area contributed by atoms with Crippen LogP contribution in [0.5, 0.6) is 0 Å². The number of amides is 1. The van der Waals surface area contributed by atoms with Crippen LogP contribution in [0.1, 0.15) is 23.3 Å². The number of carbonyl (C=O) groups is 1. The maximum Gasteiger partial charge on any atom is 0.244 e. The molecule has 0 saturated carbocycles. The first-order valence-electron chi connectivity index (χ1n) is 9.75. The van der Waals surface area contributed by atoms with E-state index < -0.39 is 0 Å². The number of para-hydroxylation sites is 2. The van der Waals surface area contributed by atoms with Crippen LogP contribution in [-0.2, 0) is 9.53 Å². The number of aromatic nitrogens is 2. The Morgan fingerprint density at radius 1 is 1.21 bits per heavy atom. The third kappa shape index (κ3) is 4.88. The number of hydrogen-bond acceptors (Lipinski definition) is 6. The molecule has 1 amide bonds. The first kappa shape index (κ1) is 19.3. The molecule has 3 heterocycles. The van der Waals surface area contributed by atoms with Crippen LogP contribution in [0.25, 0.3) is 17.1 Å². The van der Waals surface area contributed by atoms with E-state index in [1.807, 2.05) is 43.3 Å². The minimum Gasteiger partial charge on any atom is -0.465 e. The summed E-state index contributed by atoms with van der Waals surface area (Å²) in [5, 5.41) is 2.98. The number of benzene rings is 1.